The molecular weight excluding hydrogens is 148 g/mol. The third-order valence-corrected chi connectivity index (χ3v) is 2.08. The van der Waals surface area contributed by atoms with E-state index in [0.29, 0.717) is 5.57 Å². The van der Waals surface area contributed by atoms with Gasteiger partial charge in [0.1, 0.15) is 0 Å². The molecule has 0 aromatic heterocycles. The van der Waals surface area contributed by atoms with Gasteiger partial charge in [-0.05, 0) is 23.1 Å². The number of ketones is 1. The van der Waals surface area contributed by atoms with E-state index < -0.39 is 10.8 Å². The van der Waals surface area contributed by atoms with E-state index in [1.165, 1.54) is 6.92 Å². The fraction of sp³-hybridized carbons (Fsp3) is 0.143. The highest BCUT2D eigenvalue weighted by atomic mass is 32.2. The standard InChI is InChI=1S/C7H8O2S/c1-6(8)7-3-2-4-10(9)5-7/h2-5,9H,1H3. The number of carbonyl (C=O) groups is 1. The topological polar surface area (TPSA) is 37.3 Å². The fourth-order valence-electron chi connectivity index (χ4n) is 0.632. The molecule has 1 aliphatic rings. The van der Waals surface area contributed by atoms with E-state index >= 15 is 0 Å². The van der Waals surface area contributed by atoms with E-state index in [4.69, 9.17) is 4.55 Å². The molecule has 0 saturated heterocycles. The Morgan fingerprint density at radius 1 is 1.70 bits per heavy atom. The lowest BCUT2D eigenvalue weighted by molar-refractivity contribution is -0.113. The van der Waals surface area contributed by atoms with Gasteiger partial charge in [-0.25, -0.2) is 0 Å². The molecule has 0 saturated carbocycles. The second-order valence-corrected chi connectivity index (χ2v) is 3.17. The average Bonchev–Trinajstić information content (AvgIpc) is 1.88. The molecule has 0 aliphatic carbocycles. The first kappa shape index (κ1) is 7.44. The third-order valence-electron chi connectivity index (χ3n) is 1.15. The summed E-state index contributed by atoms with van der Waals surface area (Å²) in [7, 11) is -0.836. The van der Waals surface area contributed by atoms with Crippen LogP contribution in [-0.4, -0.2) is 15.7 Å². The Hall–Kier alpha value is -0.670. The molecule has 0 spiro atoms. The molecule has 1 heterocycles. The molecule has 1 unspecified atom stereocenters. The molecule has 1 N–H and O–H groups in total. The number of carbonyl (C=O) groups excluding carboxylic acids is 1. The van der Waals surface area contributed by atoms with Gasteiger partial charge in [-0.15, -0.1) is 0 Å². The van der Waals surface area contributed by atoms with Crippen LogP contribution in [0.5, 0.6) is 0 Å². The van der Waals surface area contributed by atoms with Crippen LogP contribution in [0.3, 0.4) is 0 Å². The lowest BCUT2D eigenvalue weighted by Crippen LogP contribution is -1.94. The van der Waals surface area contributed by atoms with Crippen molar-refractivity contribution in [2.45, 2.75) is 6.92 Å². The highest BCUT2D eigenvalue weighted by molar-refractivity contribution is 8.12. The van der Waals surface area contributed by atoms with Crippen molar-refractivity contribution < 1.29 is 9.35 Å². The van der Waals surface area contributed by atoms with Crippen molar-refractivity contribution in [1.82, 2.24) is 0 Å². The first-order chi connectivity index (χ1) is 4.70. The van der Waals surface area contributed by atoms with Crippen LogP contribution in [0, 0.1) is 0 Å². The molecule has 54 valence electrons. The third kappa shape index (κ3) is 1.65. The van der Waals surface area contributed by atoms with Gasteiger partial charge in [0.05, 0.1) is 0 Å². The number of hydrogen-bond donors (Lipinski definition) is 1. The molecule has 3 heteroatoms. The second-order valence-electron chi connectivity index (χ2n) is 1.97. The van der Waals surface area contributed by atoms with Crippen molar-refractivity contribution in [2.75, 3.05) is 0 Å². The van der Waals surface area contributed by atoms with Crippen LogP contribution in [0.2, 0.25) is 0 Å². The Kier molecular flexibility index (Phi) is 2.19. The summed E-state index contributed by atoms with van der Waals surface area (Å²) in [5, 5.41) is 3.20. The highest BCUT2D eigenvalue weighted by Crippen LogP contribution is 2.16. The zero-order valence-corrected chi connectivity index (χ0v) is 6.39. The normalized spacial score (nSPS) is 23.4. The maximum Gasteiger partial charge on any atom is 0.160 e. The molecule has 0 amide bonds. The molecule has 0 aromatic rings. The van der Waals surface area contributed by atoms with Gasteiger partial charge >= 0.3 is 0 Å². The van der Waals surface area contributed by atoms with E-state index in [1.807, 2.05) is 0 Å². The van der Waals surface area contributed by atoms with Gasteiger partial charge in [-0.2, -0.15) is 0 Å². The summed E-state index contributed by atoms with van der Waals surface area (Å²) >= 11 is 0. The van der Waals surface area contributed by atoms with E-state index in [1.54, 1.807) is 22.9 Å². The molecule has 2 nitrogen and oxygen atoms in total. The summed E-state index contributed by atoms with van der Waals surface area (Å²) in [6.45, 7) is 1.48. The zero-order valence-electron chi connectivity index (χ0n) is 5.57. The minimum Gasteiger partial charge on any atom is -0.333 e. The van der Waals surface area contributed by atoms with Gasteiger partial charge in [0.15, 0.2) is 5.78 Å². The lowest BCUT2D eigenvalue weighted by atomic mass is 10.2. The number of Topliss-reactive ketones (excluding diaryl/α,β-unsaturated/α-hetero) is 1. The van der Waals surface area contributed by atoms with Gasteiger partial charge in [0.2, 0.25) is 0 Å². The lowest BCUT2D eigenvalue weighted by Gasteiger charge is -2.00. The summed E-state index contributed by atoms with van der Waals surface area (Å²) in [6.07, 6.45) is 3.39. The number of hydrogen-bond acceptors (Lipinski definition) is 2. The van der Waals surface area contributed by atoms with Gasteiger partial charge in [-0.3, -0.25) is 4.79 Å². The Labute approximate surface area is 62.0 Å². The second kappa shape index (κ2) is 2.94. The summed E-state index contributed by atoms with van der Waals surface area (Å²) < 4.78 is 9.02. The Morgan fingerprint density at radius 2 is 2.40 bits per heavy atom. The molecule has 1 aliphatic heterocycles. The van der Waals surface area contributed by atoms with E-state index in [9.17, 15) is 4.79 Å². The van der Waals surface area contributed by atoms with Crippen molar-refractivity contribution in [2.24, 2.45) is 0 Å². The predicted octanol–water partition coefficient (Wildman–Crippen LogP) is 1.57. The van der Waals surface area contributed by atoms with E-state index in [-0.39, 0.29) is 5.78 Å². The van der Waals surface area contributed by atoms with Crippen LogP contribution in [0.4, 0.5) is 0 Å². The Morgan fingerprint density at radius 3 is 2.80 bits per heavy atom. The fourth-order valence-corrected chi connectivity index (χ4v) is 1.46. The molecule has 0 bridgehead atoms. The summed E-state index contributed by atoms with van der Waals surface area (Å²) in [6, 6.07) is 0. The van der Waals surface area contributed by atoms with Crippen LogP contribution in [-0.2, 0) is 4.79 Å². The Bertz CT molecular complexity index is 248. The smallest absolute Gasteiger partial charge is 0.160 e. The van der Waals surface area contributed by atoms with Crippen LogP contribution >= 0.6 is 10.8 Å². The van der Waals surface area contributed by atoms with Gasteiger partial charge in [0.25, 0.3) is 0 Å². The summed E-state index contributed by atoms with van der Waals surface area (Å²) in [4.78, 5) is 10.7. The Balaban J connectivity index is 2.93. The van der Waals surface area contributed by atoms with Crippen LogP contribution in [0.1, 0.15) is 6.92 Å². The largest absolute Gasteiger partial charge is 0.333 e. The molecule has 10 heavy (non-hydrogen) atoms. The van der Waals surface area contributed by atoms with E-state index in [0.717, 1.165) is 0 Å². The number of rotatable bonds is 1. The molecule has 0 radical (unpaired) electrons. The van der Waals surface area contributed by atoms with Crippen LogP contribution in [0.25, 0.3) is 0 Å². The summed E-state index contributed by atoms with van der Waals surface area (Å²) in [5.41, 5.74) is 0.591. The highest BCUT2D eigenvalue weighted by Gasteiger charge is 2.01. The molecular formula is C7H8O2S. The minimum absolute atomic E-state index is 0.00380. The van der Waals surface area contributed by atoms with Gasteiger partial charge < -0.3 is 4.55 Å². The maximum atomic E-state index is 10.7. The number of allylic oxidation sites excluding steroid dienone is 3. The van der Waals surface area contributed by atoms with Gasteiger partial charge in [-0.1, -0.05) is 12.2 Å². The van der Waals surface area contributed by atoms with Crippen molar-refractivity contribution in [3.05, 3.63) is 23.1 Å². The van der Waals surface area contributed by atoms with Crippen molar-refractivity contribution in [1.29, 1.82) is 0 Å². The van der Waals surface area contributed by atoms with Crippen LogP contribution in [0.15, 0.2) is 23.1 Å². The van der Waals surface area contributed by atoms with E-state index in [2.05, 4.69) is 0 Å². The first-order valence-corrected chi connectivity index (χ1v) is 4.16. The minimum atomic E-state index is -0.836. The van der Waals surface area contributed by atoms with Gasteiger partial charge in [0, 0.05) is 11.0 Å². The van der Waals surface area contributed by atoms with Crippen molar-refractivity contribution in [3.8, 4) is 0 Å². The zero-order chi connectivity index (χ0) is 7.56. The molecule has 1 atom stereocenters. The quantitative estimate of drug-likeness (QED) is 0.585. The SMILES string of the molecule is CC(=O)C1=CS(O)=CC=C1. The average molecular weight is 156 g/mol. The predicted molar refractivity (Wildman–Crippen MR) is 44.2 cm³/mol. The monoisotopic (exact) mass is 156 g/mol. The van der Waals surface area contributed by atoms with Crippen molar-refractivity contribution in [3.63, 3.8) is 0 Å². The molecule has 1 rings (SSSR count). The first-order valence-electron chi connectivity index (χ1n) is 2.85. The molecule has 0 fully saturated rings. The maximum absolute atomic E-state index is 10.7. The molecule has 0 aromatic carbocycles. The van der Waals surface area contributed by atoms with Crippen LogP contribution < -0.4 is 0 Å². The summed E-state index contributed by atoms with van der Waals surface area (Å²) in [5.74, 6) is -0.00380. The van der Waals surface area contributed by atoms with Crippen molar-refractivity contribution >= 4 is 21.9 Å².